The van der Waals surface area contributed by atoms with Gasteiger partial charge in [-0.05, 0) is 43.4 Å². The second-order valence-corrected chi connectivity index (χ2v) is 6.70. The Morgan fingerprint density at radius 1 is 1.06 bits per heavy atom. The molecule has 2 aliphatic carbocycles. The first kappa shape index (κ1) is 14.3. The van der Waals surface area contributed by atoms with Crippen molar-refractivity contribution >= 4 is 0 Å². The highest BCUT2D eigenvalue weighted by Gasteiger charge is 2.27. The second-order valence-electron chi connectivity index (χ2n) is 6.70. The van der Waals surface area contributed by atoms with Crippen molar-refractivity contribution in [2.45, 2.75) is 83.6 Å². The van der Waals surface area contributed by atoms with Crippen LogP contribution in [0.15, 0.2) is 0 Å². The van der Waals surface area contributed by atoms with Crippen LogP contribution >= 0.6 is 0 Å². The van der Waals surface area contributed by atoms with E-state index >= 15 is 0 Å². The van der Waals surface area contributed by atoms with E-state index in [9.17, 15) is 0 Å². The Morgan fingerprint density at radius 3 is 2.44 bits per heavy atom. The summed E-state index contributed by atoms with van der Waals surface area (Å²) in [5.41, 5.74) is 3.14. The Morgan fingerprint density at radius 2 is 1.78 bits per heavy atom. The van der Waals surface area contributed by atoms with Crippen molar-refractivity contribution in [1.29, 1.82) is 0 Å². The maximum atomic E-state index is 5.83. The van der Waals surface area contributed by atoms with Crippen LogP contribution in [0.4, 0.5) is 0 Å². The van der Waals surface area contributed by atoms with E-state index in [1.807, 2.05) is 0 Å². The summed E-state index contributed by atoms with van der Waals surface area (Å²) in [5, 5.41) is 0. The zero-order valence-electron chi connectivity index (χ0n) is 12.2. The molecule has 0 radical (unpaired) electrons. The van der Waals surface area contributed by atoms with Crippen molar-refractivity contribution in [1.82, 2.24) is 5.43 Å². The molecule has 0 aromatic carbocycles. The van der Waals surface area contributed by atoms with Gasteiger partial charge in [-0.2, -0.15) is 0 Å². The predicted octanol–water partition coefficient (Wildman–Crippen LogP) is 4.01. The summed E-state index contributed by atoms with van der Waals surface area (Å²) in [6, 6.07) is 0.583. The fourth-order valence-corrected chi connectivity index (χ4v) is 4.24. The van der Waals surface area contributed by atoms with Gasteiger partial charge in [-0.3, -0.25) is 11.3 Å². The highest BCUT2D eigenvalue weighted by atomic mass is 15.2. The van der Waals surface area contributed by atoms with Gasteiger partial charge in [0.1, 0.15) is 0 Å². The van der Waals surface area contributed by atoms with Gasteiger partial charge >= 0.3 is 0 Å². The largest absolute Gasteiger partial charge is 0.271 e. The smallest absolute Gasteiger partial charge is 0.0238 e. The quantitative estimate of drug-likeness (QED) is 0.554. The molecular formula is C16H32N2. The minimum Gasteiger partial charge on any atom is -0.271 e. The first-order chi connectivity index (χ1) is 8.83. The average Bonchev–Trinajstić information content (AvgIpc) is 2.93. The summed E-state index contributed by atoms with van der Waals surface area (Å²) in [5.74, 6) is 8.64. The van der Waals surface area contributed by atoms with Crippen LogP contribution in [0.2, 0.25) is 0 Å². The molecule has 0 saturated heterocycles. The van der Waals surface area contributed by atoms with E-state index in [1.54, 1.807) is 0 Å². The van der Waals surface area contributed by atoms with Gasteiger partial charge in [0, 0.05) is 6.04 Å². The van der Waals surface area contributed by atoms with E-state index in [-0.39, 0.29) is 0 Å². The minimum absolute atomic E-state index is 0.583. The van der Waals surface area contributed by atoms with E-state index < -0.39 is 0 Å². The molecule has 0 amide bonds. The summed E-state index contributed by atoms with van der Waals surface area (Å²) in [6.45, 7) is 2.34. The van der Waals surface area contributed by atoms with Crippen LogP contribution < -0.4 is 11.3 Å². The molecule has 0 aliphatic heterocycles. The lowest BCUT2D eigenvalue weighted by atomic mass is 9.75. The standard InChI is InChI=1S/C16H32N2/c1-2-13-8-5-9-15(12-13)16(18-17)11-10-14-6-3-4-7-14/h13-16,18H,2-12,17H2,1H3. The van der Waals surface area contributed by atoms with Gasteiger partial charge in [0.15, 0.2) is 0 Å². The van der Waals surface area contributed by atoms with E-state index in [0.717, 1.165) is 17.8 Å². The number of hydrazine groups is 1. The van der Waals surface area contributed by atoms with Crippen LogP contribution in [0, 0.1) is 17.8 Å². The molecule has 2 nitrogen and oxygen atoms in total. The molecule has 0 heterocycles. The lowest BCUT2D eigenvalue weighted by molar-refractivity contribution is 0.196. The van der Waals surface area contributed by atoms with Crippen molar-refractivity contribution in [2.24, 2.45) is 23.6 Å². The van der Waals surface area contributed by atoms with Gasteiger partial charge in [-0.15, -0.1) is 0 Å². The fraction of sp³-hybridized carbons (Fsp3) is 1.00. The molecule has 3 unspecified atom stereocenters. The maximum absolute atomic E-state index is 5.83. The molecule has 2 saturated carbocycles. The van der Waals surface area contributed by atoms with Crippen LogP contribution in [0.1, 0.15) is 77.6 Å². The Labute approximate surface area is 113 Å². The Kier molecular flexibility index (Phi) is 5.97. The molecular weight excluding hydrogens is 220 g/mol. The van der Waals surface area contributed by atoms with Crippen LogP contribution in [0.3, 0.4) is 0 Å². The number of hydrogen-bond donors (Lipinski definition) is 2. The first-order valence-corrected chi connectivity index (χ1v) is 8.29. The van der Waals surface area contributed by atoms with Crippen LogP contribution in [0.25, 0.3) is 0 Å². The zero-order valence-corrected chi connectivity index (χ0v) is 12.2. The molecule has 2 rings (SSSR count). The highest BCUT2D eigenvalue weighted by Crippen LogP contribution is 2.35. The molecule has 2 heteroatoms. The van der Waals surface area contributed by atoms with Crippen LogP contribution in [-0.4, -0.2) is 6.04 Å². The predicted molar refractivity (Wildman–Crippen MR) is 78.0 cm³/mol. The molecule has 3 N–H and O–H groups in total. The minimum atomic E-state index is 0.583. The zero-order chi connectivity index (χ0) is 12.8. The van der Waals surface area contributed by atoms with Crippen LogP contribution in [-0.2, 0) is 0 Å². The SMILES string of the molecule is CCC1CCCC(C(CCC2CCCC2)NN)C1. The lowest BCUT2D eigenvalue weighted by Gasteiger charge is -2.34. The van der Waals surface area contributed by atoms with Gasteiger partial charge in [0.05, 0.1) is 0 Å². The number of nitrogens with one attached hydrogen (secondary N) is 1. The lowest BCUT2D eigenvalue weighted by Crippen LogP contribution is -2.42. The maximum Gasteiger partial charge on any atom is 0.0238 e. The third kappa shape index (κ3) is 3.96. The summed E-state index contributed by atoms with van der Waals surface area (Å²) >= 11 is 0. The van der Waals surface area contributed by atoms with Crippen molar-refractivity contribution in [2.75, 3.05) is 0 Å². The molecule has 0 spiro atoms. The van der Waals surface area contributed by atoms with Crippen molar-refractivity contribution in [3.05, 3.63) is 0 Å². The molecule has 0 aromatic rings. The second kappa shape index (κ2) is 7.49. The Bertz CT molecular complexity index is 223. The summed E-state index contributed by atoms with van der Waals surface area (Å²) in [7, 11) is 0. The van der Waals surface area contributed by atoms with Crippen molar-refractivity contribution in [3.8, 4) is 0 Å². The van der Waals surface area contributed by atoms with Gasteiger partial charge in [0.25, 0.3) is 0 Å². The Balaban J connectivity index is 1.75. The molecule has 3 atom stereocenters. The fourth-order valence-electron chi connectivity index (χ4n) is 4.24. The van der Waals surface area contributed by atoms with Gasteiger partial charge < -0.3 is 0 Å². The van der Waals surface area contributed by atoms with Gasteiger partial charge in [-0.25, -0.2) is 0 Å². The summed E-state index contributed by atoms with van der Waals surface area (Å²) in [4.78, 5) is 0. The summed E-state index contributed by atoms with van der Waals surface area (Å²) < 4.78 is 0. The number of rotatable bonds is 6. The first-order valence-electron chi connectivity index (χ1n) is 8.29. The number of nitrogens with two attached hydrogens (primary N) is 1. The number of hydrogen-bond acceptors (Lipinski definition) is 2. The van der Waals surface area contributed by atoms with E-state index in [4.69, 9.17) is 5.84 Å². The highest BCUT2D eigenvalue weighted by molar-refractivity contribution is 4.82. The van der Waals surface area contributed by atoms with E-state index in [2.05, 4.69) is 12.3 Å². The topological polar surface area (TPSA) is 38.0 Å². The van der Waals surface area contributed by atoms with Crippen molar-refractivity contribution < 1.29 is 0 Å². The normalized spacial score (nSPS) is 31.7. The molecule has 0 bridgehead atoms. The molecule has 2 aliphatic rings. The third-order valence-electron chi connectivity index (χ3n) is 5.54. The summed E-state index contributed by atoms with van der Waals surface area (Å²) in [6.07, 6.45) is 15.6. The van der Waals surface area contributed by atoms with Gasteiger partial charge in [0.2, 0.25) is 0 Å². The van der Waals surface area contributed by atoms with Crippen LogP contribution in [0.5, 0.6) is 0 Å². The monoisotopic (exact) mass is 252 g/mol. The third-order valence-corrected chi connectivity index (χ3v) is 5.54. The van der Waals surface area contributed by atoms with Crippen molar-refractivity contribution in [3.63, 3.8) is 0 Å². The molecule has 0 aromatic heterocycles. The average molecular weight is 252 g/mol. The van der Waals surface area contributed by atoms with E-state index in [0.29, 0.717) is 6.04 Å². The van der Waals surface area contributed by atoms with E-state index in [1.165, 1.54) is 70.6 Å². The molecule has 2 fully saturated rings. The molecule has 106 valence electrons. The van der Waals surface area contributed by atoms with Gasteiger partial charge in [-0.1, -0.05) is 51.9 Å². The molecule has 18 heavy (non-hydrogen) atoms. The Hall–Kier alpha value is -0.0800.